The molecule has 0 aromatic heterocycles. The van der Waals surface area contributed by atoms with Gasteiger partial charge in [0.2, 0.25) is 0 Å². The van der Waals surface area contributed by atoms with Crippen molar-refractivity contribution < 1.29 is 19.1 Å². The second-order valence-electron chi connectivity index (χ2n) is 3.44. The van der Waals surface area contributed by atoms with Crippen LogP contribution in [-0.2, 0) is 19.1 Å². The lowest BCUT2D eigenvalue weighted by molar-refractivity contribution is -0.150. The molecule has 0 amide bonds. The maximum Gasteiger partial charge on any atom is 0.313 e. The van der Waals surface area contributed by atoms with E-state index >= 15 is 0 Å². The van der Waals surface area contributed by atoms with Crippen molar-refractivity contribution in [2.75, 3.05) is 0 Å². The molecule has 0 aromatic rings. The number of hydrogen-bond donors (Lipinski definition) is 0. The fourth-order valence-electron chi connectivity index (χ4n) is 1.44. The maximum absolute atomic E-state index is 11.3. The Hall–Kier alpha value is -0.330. The Kier molecular flexibility index (Phi) is 3.74. The Labute approximate surface area is 96.5 Å². The molecule has 0 N–H and O–H groups in total. The van der Waals surface area contributed by atoms with Crippen LogP contribution in [0.15, 0.2) is 0 Å². The third-order valence-corrected chi connectivity index (χ3v) is 2.90. The Balaban J connectivity index is 2.75. The molecule has 1 saturated heterocycles. The molecule has 1 fully saturated rings. The number of hydrogen-bond acceptors (Lipinski definition) is 4. The molecule has 0 spiro atoms. The van der Waals surface area contributed by atoms with Crippen LogP contribution in [0.25, 0.3) is 0 Å². The Morgan fingerprint density at radius 3 is 2.64 bits per heavy atom. The Morgan fingerprint density at radius 1 is 1.64 bits per heavy atom. The molecular weight excluding hydrogens is 299 g/mol. The van der Waals surface area contributed by atoms with Gasteiger partial charge < -0.3 is 9.47 Å². The van der Waals surface area contributed by atoms with E-state index in [1.54, 1.807) is 6.92 Å². The van der Waals surface area contributed by atoms with Crippen molar-refractivity contribution in [3.63, 3.8) is 0 Å². The van der Waals surface area contributed by atoms with Crippen LogP contribution >= 0.6 is 22.6 Å². The molecule has 4 nitrogen and oxygen atoms in total. The number of rotatable bonds is 2. The first kappa shape index (κ1) is 11.7. The van der Waals surface area contributed by atoms with E-state index in [2.05, 4.69) is 22.6 Å². The standard InChI is InChI=1S/C9H13IO4/c1-4-7(13-6(3)11)8(5(2)10)14-9(4)12/h4-5,7-8H,1-3H3/t4-,5?,7-,8-/m1/s1. The van der Waals surface area contributed by atoms with Gasteiger partial charge in [-0.05, 0) is 13.8 Å². The molecule has 1 aliphatic rings. The molecule has 1 unspecified atom stereocenters. The average Bonchev–Trinajstić information content (AvgIpc) is 2.32. The highest BCUT2D eigenvalue weighted by atomic mass is 127. The summed E-state index contributed by atoms with van der Waals surface area (Å²) in [6.45, 7) is 4.98. The fourth-order valence-corrected chi connectivity index (χ4v) is 2.00. The van der Waals surface area contributed by atoms with Gasteiger partial charge in [-0.3, -0.25) is 9.59 Å². The molecule has 1 heterocycles. The summed E-state index contributed by atoms with van der Waals surface area (Å²) in [6.07, 6.45) is -0.756. The topological polar surface area (TPSA) is 52.6 Å². The first-order valence-corrected chi connectivity index (χ1v) is 5.70. The highest BCUT2D eigenvalue weighted by Gasteiger charge is 2.46. The smallest absolute Gasteiger partial charge is 0.313 e. The molecule has 0 aliphatic carbocycles. The minimum Gasteiger partial charge on any atom is -0.458 e. The lowest BCUT2D eigenvalue weighted by atomic mass is 10.0. The van der Waals surface area contributed by atoms with E-state index in [0.29, 0.717) is 0 Å². The monoisotopic (exact) mass is 312 g/mol. The van der Waals surface area contributed by atoms with E-state index in [1.807, 2.05) is 6.92 Å². The van der Waals surface area contributed by atoms with Gasteiger partial charge >= 0.3 is 11.9 Å². The minimum atomic E-state index is -0.438. The van der Waals surface area contributed by atoms with Crippen molar-refractivity contribution in [1.29, 1.82) is 0 Å². The highest BCUT2D eigenvalue weighted by molar-refractivity contribution is 14.1. The molecule has 0 radical (unpaired) electrons. The van der Waals surface area contributed by atoms with Gasteiger partial charge in [-0.15, -0.1) is 0 Å². The van der Waals surface area contributed by atoms with E-state index in [0.717, 1.165) is 0 Å². The highest BCUT2D eigenvalue weighted by Crippen LogP contribution is 2.29. The first-order chi connectivity index (χ1) is 6.43. The van der Waals surface area contributed by atoms with Gasteiger partial charge in [-0.2, -0.15) is 0 Å². The number of esters is 2. The van der Waals surface area contributed by atoms with Crippen LogP contribution < -0.4 is 0 Å². The second-order valence-corrected chi connectivity index (χ2v) is 5.41. The summed E-state index contributed by atoms with van der Waals surface area (Å²) >= 11 is 2.16. The minimum absolute atomic E-state index is 0.130. The quantitative estimate of drug-likeness (QED) is 0.438. The fraction of sp³-hybridized carbons (Fsp3) is 0.778. The van der Waals surface area contributed by atoms with Gasteiger partial charge in [-0.1, -0.05) is 22.6 Å². The number of ether oxygens (including phenoxy) is 2. The second kappa shape index (κ2) is 4.46. The molecular formula is C9H13IO4. The van der Waals surface area contributed by atoms with Gasteiger partial charge in [0.05, 0.1) is 5.92 Å². The van der Waals surface area contributed by atoms with Crippen LogP contribution in [0.2, 0.25) is 0 Å². The van der Waals surface area contributed by atoms with E-state index in [1.165, 1.54) is 6.92 Å². The van der Waals surface area contributed by atoms with Crippen molar-refractivity contribution in [2.45, 2.75) is 36.9 Å². The van der Waals surface area contributed by atoms with Crippen molar-refractivity contribution in [3.05, 3.63) is 0 Å². The Bertz CT molecular complexity index is 251. The van der Waals surface area contributed by atoms with E-state index < -0.39 is 6.10 Å². The van der Waals surface area contributed by atoms with Crippen LogP contribution in [0.3, 0.4) is 0 Å². The predicted molar refractivity (Wildman–Crippen MR) is 58.1 cm³/mol. The molecule has 80 valence electrons. The van der Waals surface area contributed by atoms with Crippen LogP contribution in [0, 0.1) is 5.92 Å². The van der Waals surface area contributed by atoms with Crippen molar-refractivity contribution in [2.24, 2.45) is 5.92 Å². The third-order valence-electron chi connectivity index (χ3n) is 2.20. The zero-order chi connectivity index (χ0) is 10.9. The molecule has 14 heavy (non-hydrogen) atoms. The van der Waals surface area contributed by atoms with E-state index in [4.69, 9.17) is 9.47 Å². The molecule has 1 aliphatic heterocycles. The van der Waals surface area contributed by atoms with Crippen molar-refractivity contribution >= 4 is 34.5 Å². The summed E-state index contributed by atoms with van der Waals surface area (Å²) in [5.74, 6) is -1.02. The summed E-state index contributed by atoms with van der Waals surface area (Å²) in [7, 11) is 0. The zero-order valence-electron chi connectivity index (χ0n) is 8.32. The summed E-state index contributed by atoms with van der Waals surface area (Å²) in [6, 6.07) is 0. The van der Waals surface area contributed by atoms with E-state index in [9.17, 15) is 9.59 Å². The van der Waals surface area contributed by atoms with Crippen LogP contribution in [0.1, 0.15) is 20.8 Å². The summed E-state index contributed by atoms with van der Waals surface area (Å²) in [5, 5.41) is 0. The number of carbonyl (C=O) groups is 2. The average molecular weight is 312 g/mol. The lowest BCUT2D eigenvalue weighted by Gasteiger charge is -2.20. The molecule has 4 atom stereocenters. The maximum atomic E-state index is 11.3. The normalized spacial score (nSPS) is 33.7. The van der Waals surface area contributed by atoms with Crippen molar-refractivity contribution in [1.82, 2.24) is 0 Å². The third kappa shape index (κ3) is 2.37. The predicted octanol–water partition coefficient (Wildman–Crippen LogP) is 1.30. The van der Waals surface area contributed by atoms with Crippen LogP contribution in [0.5, 0.6) is 0 Å². The summed E-state index contributed by atoms with van der Waals surface area (Å²) in [5.41, 5.74) is 0. The largest absolute Gasteiger partial charge is 0.458 e. The van der Waals surface area contributed by atoms with Crippen LogP contribution in [-0.4, -0.2) is 28.1 Å². The molecule has 0 saturated carbocycles. The SMILES string of the molecule is CC(=O)O[C@H]1[C@@H](C(C)I)OC(=O)[C@@H]1C. The molecule has 0 bridgehead atoms. The van der Waals surface area contributed by atoms with Gasteiger partial charge in [0.15, 0.2) is 12.2 Å². The molecule has 5 heteroatoms. The lowest BCUT2D eigenvalue weighted by Crippen LogP contribution is -2.35. The zero-order valence-corrected chi connectivity index (χ0v) is 10.5. The van der Waals surface area contributed by atoms with Gasteiger partial charge in [0.25, 0.3) is 0 Å². The van der Waals surface area contributed by atoms with Crippen molar-refractivity contribution in [3.8, 4) is 0 Å². The Morgan fingerprint density at radius 2 is 2.21 bits per heavy atom. The molecule has 0 aromatic carbocycles. The number of cyclic esters (lactones) is 1. The van der Waals surface area contributed by atoms with Gasteiger partial charge in [0, 0.05) is 10.8 Å². The van der Waals surface area contributed by atoms with E-state index in [-0.39, 0.29) is 27.9 Å². The van der Waals surface area contributed by atoms with Gasteiger partial charge in [-0.25, -0.2) is 0 Å². The summed E-state index contributed by atoms with van der Waals surface area (Å²) in [4.78, 5) is 22.1. The number of carbonyl (C=O) groups excluding carboxylic acids is 2. The summed E-state index contributed by atoms with van der Waals surface area (Å²) < 4.78 is 10.3. The first-order valence-electron chi connectivity index (χ1n) is 4.45. The number of halogens is 1. The van der Waals surface area contributed by atoms with Crippen LogP contribution in [0.4, 0.5) is 0 Å². The number of alkyl halides is 1. The van der Waals surface area contributed by atoms with Gasteiger partial charge in [0.1, 0.15) is 0 Å². The molecule has 1 rings (SSSR count).